The van der Waals surface area contributed by atoms with Crippen LogP contribution < -0.4 is 0 Å². The summed E-state index contributed by atoms with van der Waals surface area (Å²) in [6, 6.07) is 16.6. The van der Waals surface area contributed by atoms with E-state index in [9.17, 15) is 4.79 Å². The molecule has 27 heavy (non-hydrogen) atoms. The Hall–Kier alpha value is -2.57. The number of hydrogen-bond donors (Lipinski definition) is 0. The van der Waals surface area contributed by atoms with E-state index in [0.717, 1.165) is 11.0 Å². The lowest BCUT2D eigenvalue weighted by molar-refractivity contribution is 0.102. The third-order valence-electron chi connectivity index (χ3n) is 4.16. The number of benzene rings is 2. The molecule has 0 fully saturated rings. The van der Waals surface area contributed by atoms with Crippen LogP contribution in [0.2, 0.25) is 5.02 Å². The smallest absolute Gasteiger partial charge is 0.200 e. The molecule has 2 aromatic carbocycles. The van der Waals surface area contributed by atoms with Crippen LogP contribution >= 0.6 is 23.4 Å². The zero-order chi connectivity index (χ0) is 18.8. The molecular formula is C20H16ClN3O2S. The number of Topliss-reactive ketones (excluding diaryl/α,β-unsaturated/α-hetero) is 1. The molecule has 0 radical (unpaired) electrons. The van der Waals surface area contributed by atoms with Gasteiger partial charge in [0, 0.05) is 22.5 Å². The van der Waals surface area contributed by atoms with Crippen molar-refractivity contribution in [3.05, 3.63) is 65.2 Å². The zero-order valence-electron chi connectivity index (χ0n) is 14.6. The predicted molar refractivity (Wildman–Crippen MR) is 107 cm³/mol. The first-order valence-electron chi connectivity index (χ1n) is 8.49. The van der Waals surface area contributed by atoms with Gasteiger partial charge in [-0.3, -0.25) is 9.36 Å². The number of nitrogens with zero attached hydrogens (tertiary/aromatic N) is 3. The molecule has 0 spiro atoms. The second-order valence-corrected chi connectivity index (χ2v) is 7.30. The van der Waals surface area contributed by atoms with Crippen molar-refractivity contribution in [2.24, 2.45) is 0 Å². The van der Waals surface area contributed by atoms with Crippen molar-refractivity contribution in [3.8, 4) is 11.6 Å². The molecule has 0 amide bonds. The van der Waals surface area contributed by atoms with Crippen molar-refractivity contribution in [1.29, 1.82) is 0 Å². The van der Waals surface area contributed by atoms with Crippen LogP contribution in [-0.2, 0) is 6.54 Å². The van der Waals surface area contributed by atoms with Gasteiger partial charge in [-0.1, -0.05) is 53.7 Å². The van der Waals surface area contributed by atoms with E-state index < -0.39 is 0 Å². The van der Waals surface area contributed by atoms with Crippen molar-refractivity contribution in [1.82, 2.24) is 14.8 Å². The van der Waals surface area contributed by atoms with Gasteiger partial charge in [0.2, 0.25) is 5.82 Å². The molecule has 4 rings (SSSR count). The normalized spacial score (nSPS) is 11.2. The molecule has 5 nitrogen and oxygen atoms in total. The van der Waals surface area contributed by atoms with E-state index in [0.29, 0.717) is 39.6 Å². The SMILES string of the molecule is CCn1c(SCC(=O)c2ccccc2)nnc1-c1cc2cc(Cl)ccc2o1. The van der Waals surface area contributed by atoms with Gasteiger partial charge in [-0.2, -0.15) is 0 Å². The molecule has 0 aliphatic rings. The predicted octanol–water partition coefficient (Wildman–Crippen LogP) is 5.34. The van der Waals surface area contributed by atoms with E-state index in [1.54, 1.807) is 6.07 Å². The number of hydrogen-bond acceptors (Lipinski definition) is 5. The Morgan fingerprint density at radius 3 is 2.74 bits per heavy atom. The fourth-order valence-electron chi connectivity index (χ4n) is 2.82. The number of rotatable bonds is 6. The summed E-state index contributed by atoms with van der Waals surface area (Å²) < 4.78 is 7.85. The maximum Gasteiger partial charge on any atom is 0.200 e. The number of furan rings is 1. The minimum atomic E-state index is 0.0613. The Labute approximate surface area is 165 Å². The van der Waals surface area contributed by atoms with Crippen molar-refractivity contribution in [3.63, 3.8) is 0 Å². The second-order valence-electron chi connectivity index (χ2n) is 5.92. The van der Waals surface area contributed by atoms with Crippen LogP contribution in [0.3, 0.4) is 0 Å². The summed E-state index contributed by atoms with van der Waals surface area (Å²) in [6.07, 6.45) is 0. The molecule has 7 heteroatoms. The van der Waals surface area contributed by atoms with E-state index in [1.165, 1.54) is 11.8 Å². The fraction of sp³-hybridized carbons (Fsp3) is 0.150. The molecule has 4 aromatic rings. The van der Waals surface area contributed by atoms with E-state index in [4.69, 9.17) is 16.0 Å². The van der Waals surface area contributed by atoms with Crippen LogP contribution in [0.1, 0.15) is 17.3 Å². The summed E-state index contributed by atoms with van der Waals surface area (Å²) in [5.41, 5.74) is 1.44. The Morgan fingerprint density at radius 2 is 1.96 bits per heavy atom. The lowest BCUT2D eigenvalue weighted by Crippen LogP contribution is -2.04. The van der Waals surface area contributed by atoms with Crippen molar-refractivity contribution in [2.75, 3.05) is 5.75 Å². The molecule has 0 aliphatic heterocycles. The van der Waals surface area contributed by atoms with Crippen molar-refractivity contribution >= 4 is 40.1 Å². The third-order valence-corrected chi connectivity index (χ3v) is 5.36. The Bertz CT molecular complexity index is 1110. The standard InChI is InChI=1S/C20H16ClN3O2S/c1-2-24-19(18-11-14-10-15(21)8-9-17(14)26-18)22-23-20(24)27-12-16(25)13-6-4-3-5-7-13/h3-11H,2,12H2,1H3. The number of carbonyl (C=O) groups is 1. The van der Waals surface area contributed by atoms with Crippen molar-refractivity contribution < 1.29 is 9.21 Å². The van der Waals surface area contributed by atoms with Crippen LogP contribution in [0.4, 0.5) is 0 Å². The maximum atomic E-state index is 12.3. The van der Waals surface area contributed by atoms with Gasteiger partial charge in [0.15, 0.2) is 16.7 Å². The molecule has 0 saturated carbocycles. The third kappa shape index (κ3) is 3.63. The largest absolute Gasteiger partial charge is 0.453 e. The topological polar surface area (TPSA) is 60.9 Å². The summed E-state index contributed by atoms with van der Waals surface area (Å²) in [6.45, 7) is 2.68. The zero-order valence-corrected chi connectivity index (χ0v) is 16.1. The van der Waals surface area contributed by atoms with Gasteiger partial charge < -0.3 is 4.42 Å². The molecule has 0 saturated heterocycles. The highest BCUT2D eigenvalue weighted by molar-refractivity contribution is 7.99. The minimum Gasteiger partial charge on any atom is -0.453 e. The molecule has 0 atom stereocenters. The monoisotopic (exact) mass is 397 g/mol. The quantitative estimate of drug-likeness (QED) is 0.324. The van der Waals surface area contributed by atoms with Gasteiger partial charge in [0.1, 0.15) is 5.58 Å². The molecule has 136 valence electrons. The average Bonchev–Trinajstić information content (AvgIpc) is 3.29. The maximum absolute atomic E-state index is 12.3. The highest BCUT2D eigenvalue weighted by Crippen LogP contribution is 2.30. The van der Waals surface area contributed by atoms with Gasteiger partial charge in [-0.05, 0) is 31.2 Å². The van der Waals surface area contributed by atoms with Gasteiger partial charge >= 0.3 is 0 Å². The number of halogens is 1. The first kappa shape index (κ1) is 17.8. The highest BCUT2D eigenvalue weighted by atomic mass is 35.5. The van der Waals surface area contributed by atoms with Crippen molar-refractivity contribution in [2.45, 2.75) is 18.6 Å². The first-order chi connectivity index (χ1) is 13.2. The molecule has 0 bridgehead atoms. The van der Waals surface area contributed by atoms with E-state index in [2.05, 4.69) is 10.2 Å². The lowest BCUT2D eigenvalue weighted by Gasteiger charge is -2.05. The summed E-state index contributed by atoms with van der Waals surface area (Å²) >= 11 is 7.42. The van der Waals surface area contributed by atoms with Gasteiger partial charge in [-0.15, -0.1) is 10.2 Å². The number of ketones is 1. The summed E-state index contributed by atoms with van der Waals surface area (Å²) in [7, 11) is 0. The Kier molecular flexibility index (Phi) is 5.01. The Morgan fingerprint density at radius 1 is 1.15 bits per heavy atom. The molecule has 2 aromatic heterocycles. The highest BCUT2D eigenvalue weighted by Gasteiger charge is 2.18. The molecule has 2 heterocycles. The van der Waals surface area contributed by atoms with E-state index in [1.807, 2.05) is 60.0 Å². The number of thioether (sulfide) groups is 1. The van der Waals surface area contributed by atoms with E-state index >= 15 is 0 Å². The minimum absolute atomic E-state index is 0.0613. The van der Waals surface area contributed by atoms with E-state index in [-0.39, 0.29) is 5.78 Å². The van der Waals surface area contributed by atoms with Crippen LogP contribution in [0, 0.1) is 0 Å². The average molecular weight is 398 g/mol. The summed E-state index contributed by atoms with van der Waals surface area (Å²) in [5, 5.41) is 10.8. The number of carbonyl (C=O) groups excluding carboxylic acids is 1. The van der Waals surface area contributed by atoms with Gasteiger partial charge in [-0.25, -0.2) is 0 Å². The Balaban J connectivity index is 1.58. The number of fused-ring (bicyclic) bond motifs is 1. The molecular weight excluding hydrogens is 382 g/mol. The lowest BCUT2D eigenvalue weighted by atomic mass is 10.2. The van der Waals surface area contributed by atoms with Crippen LogP contribution in [-0.4, -0.2) is 26.3 Å². The van der Waals surface area contributed by atoms with Crippen LogP contribution in [0.5, 0.6) is 0 Å². The summed E-state index contributed by atoms with van der Waals surface area (Å²) in [4.78, 5) is 12.3. The molecule has 0 aliphatic carbocycles. The van der Waals surface area contributed by atoms with Gasteiger partial charge in [0.25, 0.3) is 0 Å². The number of aromatic nitrogens is 3. The van der Waals surface area contributed by atoms with Crippen LogP contribution in [0.15, 0.2) is 64.2 Å². The van der Waals surface area contributed by atoms with Crippen LogP contribution in [0.25, 0.3) is 22.6 Å². The molecule has 0 N–H and O–H groups in total. The summed E-state index contributed by atoms with van der Waals surface area (Å²) in [5.74, 6) is 1.63. The van der Waals surface area contributed by atoms with Gasteiger partial charge in [0.05, 0.1) is 5.75 Å². The fourth-order valence-corrected chi connectivity index (χ4v) is 3.90. The first-order valence-corrected chi connectivity index (χ1v) is 9.86. The molecule has 0 unspecified atom stereocenters. The second kappa shape index (κ2) is 7.58.